The van der Waals surface area contributed by atoms with Crippen LogP contribution in [-0.2, 0) is 20.9 Å². The number of carboxylic acids is 1. The van der Waals surface area contributed by atoms with Gasteiger partial charge in [0.15, 0.2) is 0 Å². The van der Waals surface area contributed by atoms with Gasteiger partial charge in [-0.25, -0.2) is 4.79 Å². The molecule has 0 bridgehead atoms. The van der Waals surface area contributed by atoms with E-state index in [4.69, 9.17) is 4.74 Å². The Hall–Kier alpha value is -2.61. The maximum Gasteiger partial charge on any atom is 0.407 e. The van der Waals surface area contributed by atoms with Gasteiger partial charge in [-0.15, -0.1) is 0 Å². The second-order valence-corrected chi connectivity index (χ2v) is 5.45. The van der Waals surface area contributed by atoms with Gasteiger partial charge >= 0.3 is 6.09 Å². The Bertz CT molecular complexity index is 591. The van der Waals surface area contributed by atoms with Crippen molar-refractivity contribution in [3.05, 3.63) is 35.9 Å². The van der Waals surface area contributed by atoms with Crippen LogP contribution in [-0.4, -0.2) is 53.2 Å². The number of aliphatic carboxylic acids is 1. The van der Waals surface area contributed by atoms with Gasteiger partial charge in [0.05, 0.1) is 18.1 Å². The van der Waals surface area contributed by atoms with Crippen molar-refractivity contribution in [3.63, 3.8) is 0 Å². The second kappa shape index (κ2) is 8.30. The predicted molar refractivity (Wildman–Crippen MR) is 80.4 cm³/mol. The van der Waals surface area contributed by atoms with Crippen LogP contribution < -0.4 is 10.4 Å². The average Bonchev–Trinajstić information content (AvgIpc) is 2.56. The summed E-state index contributed by atoms with van der Waals surface area (Å²) in [6, 6.07) is 7.72. The van der Waals surface area contributed by atoms with E-state index >= 15 is 0 Å². The van der Waals surface area contributed by atoms with Crippen LogP contribution in [0.5, 0.6) is 0 Å². The van der Waals surface area contributed by atoms with Crippen molar-refractivity contribution in [2.75, 3.05) is 13.1 Å². The van der Waals surface area contributed by atoms with Crippen molar-refractivity contribution in [3.8, 4) is 0 Å². The van der Waals surface area contributed by atoms with Gasteiger partial charge < -0.3 is 30.0 Å². The number of benzene rings is 1. The number of carboxylic acid groups (broad SMARTS) is 1. The first-order valence-corrected chi connectivity index (χ1v) is 7.62. The first-order valence-electron chi connectivity index (χ1n) is 7.62. The Morgan fingerprint density at radius 2 is 2.04 bits per heavy atom. The minimum Gasteiger partial charge on any atom is -0.548 e. The molecule has 2 atom stereocenters. The quantitative estimate of drug-likeness (QED) is 0.589. The lowest BCUT2D eigenvalue weighted by Gasteiger charge is -2.40. The van der Waals surface area contributed by atoms with E-state index in [0.717, 1.165) is 10.5 Å². The Morgan fingerprint density at radius 1 is 1.33 bits per heavy atom. The second-order valence-electron chi connectivity index (χ2n) is 5.45. The summed E-state index contributed by atoms with van der Waals surface area (Å²) in [4.78, 5) is 35.0. The lowest BCUT2D eigenvalue weighted by Crippen LogP contribution is -2.61. The molecule has 2 unspecified atom stereocenters. The molecule has 0 aromatic heterocycles. The fraction of sp³-hybridized carbons (Fsp3) is 0.438. The van der Waals surface area contributed by atoms with E-state index < -0.39 is 24.2 Å². The van der Waals surface area contributed by atoms with Crippen molar-refractivity contribution >= 4 is 18.0 Å². The van der Waals surface area contributed by atoms with Gasteiger partial charge in [-0.2, -0.15) is 0 Å². The number of alkyl carbamates (subject to hydrolysis) is 1. The van der Waals surface area contributed by atoms with Crippen LogP contribution in [0.3, 0.4) is 0 Å². The molecule has 0 radical (unpaired) electrons. The number of hydrogen-bond acceptors (Lipinski definition) is 6. The Labute approximate surface area is 139 Å². The number of amides is 2. The van der Waals surface area contributed by atoms with E-state index in [-0.39, 0.29) is 38.4 Å². The number of carbonyl (C=O) groups is 3. The molecule has 8 heteroatoms. The third kappa shape index (κ3) is 4.69. The number of nitrogens with one attached hydrogen (secondary N) is 1. The van der Waals surface area contributed by atoms with Gasteiger partial charge in [-0.3, -0.25) is 4.79 Å². The Balaban J connectivity index is 1.71. The summed E-state index contributed by atoms with van der Waals surface area (Å²) in [5.41, 5.74) is 0.834. The Morgan fingerprint density at radius 3 is 2.58 bits per heavy atom. The maximum absolute atomic E-state index is 11.5. The molecule has 1 aliphatic heterocycles. The molecular formula is C16H19N2O6-. The number of rotatable bonds is 8. The molecular weight excluding hydrogens is 316 g/mol. The molecule has 1 aromatic carbocycles. The van der Waals surface area contributed by atoms with Crippen LogP contribution in [0.25, 0.3) is 0 Å². The molecule has 8 nitrogen and oxygen atoms in total. The zero-order valence-electron chi connectivity index (χ0n) is 13.0. The minimum atomic E-state index is -1.51. The van der Waals surface area contributed by atoms with Crippen molar-refractivity contribution in [2.24, 2.45) is 0 Å². The van der Waals surface area contributed by atoms with Crippen molar-refractivity contribution in [1.29, 1.82) is 0 Å². The first-order chi connectivity index (χ1) is 11.5. The van der Waals surface area contributed by atoms with Gasteiger partial charge in [0.2, 0.25) is 5.91 Å². The monoisotopic (exact) mass is 335 g/mol. The molecule has 24 heavy (non-hydrogen) atoms. The van der Waals surface area contributed by atoms with Gasteiger partial charge in [-0.05, 0) is 12.0 Å². The van der Waals surface area contributed by atoms with Gasteiger partial charge in [0, 0.05) is 19.5 Å². The van der Waals surface area contributed by atoms with Crippen LogP contribution in [0.1, 0.15) is 18.4 Å². The number of β-lactam (4-membered cyclic amide) rings is 1. The molecule has 2 N–H and O–H groups in total. The SMILES string of the molecule is O=C(NCCC(O)C(C(=O)[O-])N1CCC1=O)OCc1ccccc1. The zero-order valence-corrected chi connectivity index (χ0v) is 13.0. The smallest absolute Gasteiger partial charge is 0.407 e. The van der Waals surface area contributed by atoms with E-state index in [9.17, 15) is 24.6 Å². The summed E-state index contributed by atoms with van der Waals surface area (Å²) in [6.45, 7) is 0.404. The summed E-state index contributed by atoms with van der Waals surface area (Å²) in [6.07, 6.45) is -1.77. The summed E-state index contributed by atoms with van der Waals surface area (Å²) in [7, 11) is 0. The largest absolute Gasteiger partial charge is 0.548 e. The molecule has 0 spiro atoms. The highest BCUT2D eigenvalue weighted by Crippen LogP contribution is 2.17. The molecule has 2 amide bonds. The summed E-state index contributed by atoms with van der Waals surface area (Å²) < 4.78 is 4.99. The van der Waals surface area contributed by atoms with E-state index in [1.54, 1.807) is 0 Å². The van der Waals surface area contributed by atoms with Crippen LogP contribution in [0.15, 0.2) is 30.3 Å². The number of nitrogens with zero attached hydrogens (tertiary/aromatic N) is 1. The number of aliphatic hydroxyl groups excluding tert-OH is 1. The molecule has 1 saturated heterocycles. The topological polar surface area (TPSA) is 119 Å². The van der Waals surface area contributed by atoms with Gasteiger partial charge in [0.1, 0.15) is 6.61 Å². The predicted octanol–water partition coefficient (Wildman–Crippen LogP) is -0.985. The van der Waals surface area contributed by atoms with Crippen molar-refractivity contribution in [1.82, 2.24) is 10.2 Å². The van der Waals surface area contributed by atoms with Crippen LogP contribution >= 0.6 is 0 Å². The van der Waals surface area contributed by atoms with Gasteiger partial charge in [-0.1, -0.05) is 30.3 Å². The number of carbonyl (C=O) groups excluding carboxylic acids is 3. The van der Waals surface area contributed by atoms with Crippen molar-refractivity contribution < 1.29 is 29.3 Å². The average molecular weight is 335 g/mol. The normalized spacial score (nSPS) is 16.0. The van der Waals surface area contributed by atoms with E-state index in [2.05, 4.69) is 5.32 Å². The molecule has 0 aliphatic carbocycles. The summed E-state index contributed by atoms with van der Waals surface area (Å²) in [5.74, 6) is -1.85. The highest BCUT2D eigenvalue weighted by molar-refractivity contribution is 5.87. The first kappa shape index (κ1) is 17.7. The third-order valence-corrected chi connectivity index (χ3v) is 3.75. The number of aliphatic hydroxyl groups is 1. The molecule has 1 aliphatic rings. The molecule has 0 saturated carbocycles. The summed E-state index contributed by atoms with van der Waals surface area (Å²) in [5, 5.41) is 23.5. The maximum atomic E-state index is 11.5. The van der Waals surface area contributed by atoms with Crippen molar-refractivity contribution in [2.45, 2.75) is 31.6 Å². The molecule has 2 rings (SSSR count). The lowest BCUT2D eigenvalue weighted by atomic mass is 10.0. The highest BCUT2D eigenvalue weighted by Gasteiger charge is 2.36. The van der Waals surface area contributed by atoms with E-state index in [1.807, 2.05) is 30.3 Å². The zero-order chi connectivity index (χ0) is 17.5. The van der Waals surface area contributed by atoms with E-state index in [1.165, 1.54) is 0 Å². The number of ether oxygens (including phenoxy) is 1. The fourth-order valence-corrected chi connectivity index (χ4v) is 2.37. The molecule has 1 fully saturated rings. The molecule has 1 heterocycles. The highest BCUT2D eigenvalue weighted by atomic mass is 16.5. The van der Waals surface area contributed by atoms with Crippen LogP contribution in [0, 0.1) is 0 Å². The minimum absolute atomic E-state index is 0.0145. The standard InChI is InChI=1S/C16H20N2O6/c19-12(14(15(21)22)18-9-7-13(18)20)6-8-17-16(23)24-10-11-4-2-1-3-5-11/h1-5,12,14,19H,6-10H2,(H,17,23)(H,21,22)/p-1. The molecule has 130 valence electrons. The van der Waals surface area contributed by atoms with Crippen LogP contribution in [0.2, 0.25) is 0 Å². The lowest BCUT2D eigenvalue weighted by molar-refractivity contribution is -0.314. The van der Waals surface area contributed by atoms with Gasteiger partial charge in [0.25, 0.3) is 0 Å². The van der Waals surface area contributed by atoms with E-state index in [0.29, 0.717) is 0 Å². The number of hydrogen-bond donors (Lipinski definition) is 2. The third-order valence-electron chi connectivity index (χ3n) is 3.75. The van der Waals surface area contributed by atoms with Crippen LogP contribution in [0.4, 0.5) is 4.79 Å². The number of likely N-dealkylation sites (tertiary alicyclic amines) is 1. The summed E-state index contributed by atoms with van der Waals surface area (Å²) >= 11 is 0. The molecule has 1 aromatic rings. The Kier molecular flexibility index (Phi) is 6.14. The fourth-order valence-electron chi connectivity index (χ4n) is 2.37.